The summed E-state index contributed by atoms with van der Waals surface area (Å²) in [4.78, 5) is 13.0. The van der Waals surface area contributed by atoms with Crippen LogP contribution in [0.3, 0.4) is 0 Å². The van der Waals surface area contributed by atoms with Gasteiger partial charge in [0.2, 0.25) is 0 Å². The molecule has 0 spiro atoms. The molecular formula is C32H33BF2N2O6S. The van der Waals surface area contributed by atoms with Crippen molar-refractivity contribution in [2.24, 2.45) is 0 Å². The smallest absolute Gasteiger partial charge is 0.455 e. The molecule has 2 N–H and O–H groups in total. The normalized spacial score (nSPS) is 18.0. The summed E-state index contributed by atoms with van der Waals surface area (Å²) in [6, 6.07) is 13.6. The van der Waals surface area contributed by atoms with Gasteiger partial charge in [-0.15, -0.1) is 0 Å². The first-order valence-corrected chi connectivity index (χ1v) is 15.5. The Labute approximate surface area is 257 Å². The number of hydrogen-bond donors (Lipinski definition) is 2. The lowest BCUT2D eigenvalue weighted by Gasteiger charge is -2.32. The van der Waals surface area contributed by atoms with Crippen LogP contribution in [0.1, 0.15) is 67.9 Å². The van der Waals surface area contributed by atoms with Gasteiger partial charge < -0.3 is 19.0 Å². The summed E-state index contributed by atoms with van der Waals surface area (Å²) in [5.74, 6) is -1.04. The fourth-order valence-electron chi connectivity index (χ4n) is 5.44. The van der Waals surface area contributed by atoms with E-state index >= 15 is 4.39 Å². The summed E-state index contributed by atoms with van der Waals surface area (Å²) < 4.78 is 71.9. The van der Waals surface area contributed by atoms with E-state index < -0.39 is 41.2 Å². The Balaban J connectivity index is 1.40. The summed E-state index contributed by atoms with van der Waals surface area (Å²) in [5.41, 5.74) is 1.77. The molecule has 4 aromatic rings. The first-order chi connectivity index (χ1) is 20.8. The lowest BCUT2D eigenvalue weighted by atomic mass is 9.78. The third-order valence-corrected chi connectivity index (χ3v) is 9.49. The van der Waals surface area contributed by atoms with Crippen LogP contribution in [0, 0.1) is 11.6 Å². The van der Waals surface area contributed by atoms with E-state index in [0.717, 1.165) is 18.4 Å². The number of benzene rings is 3. The molecule has 1 saturated heterocycles. The van der Waals surface area contributed by atoms with Crippen LogP contribution in [-0.2, 0) is 27.1 Å². The number of anilines is 1. The number of furan rings is 1. The molecule has 1 atom stereocenters. The zero-order valence-corrected chi connectivity index (χ0v) is 25.9. The van der Waals surface area contributed by atoms with Gasteiger partial charge in [0, 0.05) is 29.6 Å². The molecule has 1 unspecified atom stereocenters. The van der Waals surface area contributed by atoms with Crippen molar-refractivity contribution in [3.05, 3.63) is 82.9 Å². The average Bonchev–Trinajstić information content (AvgIpc) is 3.70. The van der Waals surface area contributed by atoms with Gasteiger partial charge in [-0.2, -0.15) is 0 Å². The van der Waals surface area contributed by atoms with Crippen molar-refractivity contribution in [2.75, 3.05) is 11.4 Å². The molecule has 3 aromatic carbocycles. The van der Waals surface area contributed by atoms with Gasteiger partial charge in [-0.3, -0.25) is 13.7 Å². The molecule has 8 nitrogen and oxygen atoms in total. The Hall–Kier alpha value is -3.58. The van der Waals surface area contributed by atoms with Gasteiger partial charge in [0.1, 0.15) is 23.0 Å². The van der Waals surface area contributed by atoms with E-state index in [1.54, 1.807) is 24.3 Å². The van der Waals surface area contributed by atoms with Gasteiger partial charge in [0.05, 0.1) is 29.0 Å². The highest BCUT2D eigenvalue weighted by Crippen LogP contribution is 2.48. The number of amides is 1. The van der Waals surface area contributed by atoms with Gasteiger partial charge in [0.25, 0.3) is 17.2 Å². The Bertz CT molecular complexity index is 1770. The lowest BCUT2D eigenvalue weighted by Crippen LogP contribution is -2.41. The van der Waals surface area contributed by atoms with E-state index in [-0.39, 0.29) is 35.3 Å². The Morgan fingerprint density at radius 3 is 2.27 bits per heavy atom. The monoisotopic (exact) mass is 622 g/mol. The number of nitrogens with one attached hydrogen (secondary N) is 1. The maximum atomic E-state index is 15.5. The van der Waals surface area contributed by atoms with Crippen LogP contribution in [0.5, 0.6) is 0 Å². The molecule has 0 bridgehead atoms. The quantitative estimate of drug-likeness (QED) is 0.183. The third-order valence-electron chi connectivity index (χ3n) is 8.79. The predicted molar refractivity (Wildman–Crippen MR) is 166 cm³/mol. The minimum atomic E-state index is -2.53. The Kier molecular flexibility index (Phi) is 7.68. The molecule has 230 valence electrons. The Morgan fingerprint density at radius 1 is 1.05 bits per heavy atom. The maximum Gasteiger partial charge on any atom is 0.494 e. The van der Waals surface area contributed by atoms with E-state index in [9.17, 15) is 17.9 Å². The van der Waals surface area contributed by atoms with Crippen molar-refractivity contribution in [3.63, 3.8) is 0 Å². The first-order valence-electron chi connectivity index (χ1n) is 14.4. The SMILES string of the molecule is CNC(=O)c1c(-c2ccc(F)cc2)oc2cc(N(Cc3ccc(B4OC(C)(C)C(C)(C)O4)cc3F)S(=O)O)c(C3CC3)cc12. The molecule has 1 aliphatic carbocycles. The number of carbonyl (C=O) groups is 1. The summed E-state index contributed by atoms with van der Waals surface area (Å²) in [6.07, 6.45) is 1.72. The molecule has 1 aliphatic heterocycles. The number of carbonyl (C=O) groups excluding carboxylic acids is 1. The van der Waals surface area contributed by atoms with Crippen molar-refractivity contribution in [1.82, 2.24) is 5.32 Å². The largest absolute Gasteiger partial charge is 0.494 e. The highest BCUT2D eigenvalue weighted by atomic mass is 32.2. The van der Waals surface area contributed by atoms with Crippen LogP contribution in [0.25, 0.3) is 22.3 Å². The number of fused-ring (bicyclic) bond motifs is 1. The summed E-state index contributed by atoms with van der Waals surface area (Å²) in [5, 5.41) is 3.17. The van der Waals surface area contributed by atoms with Crippen LogP contribution in [-0.4, -0.2) is 40.0 Å². The van der Waals surface area contributed by atoms with E-state index in [2.05, 4.69) is 5.32 Å². The molecule has 2 aliphatic rings. The third kappa shape index (κ3) is 5.44. The maximum absolute atomic E-state index is 15.5. The van der Waals surface area contributed by atoms with Crippen LogP contribution in [0.4, 0.5) is 14.5 Å². The summed E-state index contributed by atoms with van der Waals surface area (Å²) in [7, 11) is 0.758. The van der Waals surface area contributed by atoms with Gasteiger partial charge in [-0.05, 0) is 93.9 Å². The van der Waals surface area contributed by atoms with Crippen molar-refractivity contribution in [3.8, 4) is 11.3 Å². The molecule has 2 fully saturated rings. The topological polar surface area (TPSA) is 101 Å². The van der Waals surface area contributed by atoms with Crippen molar-refractivity contribution >= 4 is 46.4 Å². The van der Waals surface area contributed by atoms with Crippen LogP contribution < -0.4 is 15.1 Å². The van der Waals surface area contributed by atoms with Crippen molar-refractivity contribution in [1.29, 1.82) is 0 Å². The molecule has 2 heterocycles. The van der Waals surface area contributed by atoms with Gasteiger partial charge >= 0.3 is 7.12 Å². The number of halogens is 2. The average molecular weight is 622 g/mol. The molecule has 1 aromatic heterocycles. The summed E-state index contributed by atoms with van der Waals surface area (Å²) >= 11 is -2.53. The van der Waals surface area contributed by atoms with Gasteiger partial charge in [-0.25, -0.2) is 13.0 Å². The first kappa shape index (κ1) is 30.5. The van der Waals surface area contributed by atoms with Gasteiger partial charge in [-0.1, -0.05) is 12.1 Å². The van der Waals surface area contributed by atoms with Crippen LogP contribution >= 0.6 is 0 Å². The van der Waals surface area contributed by atoms with E-state index in [1.165, 1.54) is 41.7 Å². The van der Waals surface area contributed by atoms with E-state index in [4.69, 9.17) is 13.7 Å². The standard InChI is InChI=1S/C32H33BF2N2O6S/c1-31(2)32(3,4)43-33(42-31)21-11-8-20(25(35)14-21)17-37(44(39)40)26-16-27-24(15-23(26)18-6-7-18)28(30(38)36-5)29(41-27)19-9-12-22(34)13-10-19/h8-16,18H,6-7,17H2,1-5H3,(H,36,38)(H,39,40). The van der Waals surface area contributed by atoms with Gasteiger partial charge in [0.15, 0.2) is 0 Å². The van der Waals surface area contributed by atoms with Crippen molar-refractivity contribution in [2.45, 2.75) is 64.2 Å². The number of hydrogen-bond acceptors (Lipinski definition) is 5. The second-order valence-electron chi connectivity index (χ2n) is 12.3. The Morgan fingerprint density at radius 2 is 1.70 bits per heavy atom. The molecule has 0 radical (unpaired) electrons. The molecular weight excluding hydrogens is 589 g/mol. The molecule has 1 amide bonds. The van der Waals surface area contributed by atoms with Crippen molar-refractivity contribution < 1.29 is 36.1 Å². The molecule has 44 heavy (non-hydrogen) atoms. The zero-order chi connectivity index (χ0) is 31.6. The highest BCUT2D eigenvalue weighted by Gasteiger charge is 2.51. The summed E-state index contributed by atoms with van der Waals surface area (Å²) in [6.45, 7) is 7.45. The van der Waals surface area contributed by atoms with E-state index in [0.29, 0.717) is 27.7 Å². The fourth-order valence-corrected chi connectivity index (χ4v) is 6.01. The molecule has 6 rings (SSSR count). The van der Waals surface area contributed by atoms with Crippen LogP contribution in [0.2, 0.25) is 0 Å². The second-order valence-corrected chi connectivity index (χ2v) is 13.2. The molecule has 12 heteroatoms. The minimum Gasteiger partial charge on any atom is -0.455 e. The molecule has 1 saturated carbocycles. The zero-order valence-electron chi connectivity index (χ0n) is 25.1. The number of rotatable bonds is 8. The highest BCUT2D eigenvalue weighted by molar-refractivity contribution is 7.80. The van der Waals surface area contributed by atoms with E-state index in [1.807, 2.05) is 27.7 Å². The lowest BCUT2D eigenvalue weighted by molar-refractivity contribution is 0.00578. The predicted octanol–water partition coefficient (Wildman–Crippen LogP) is 6.06. The van der Waals surface area contributed by atoms with Crippen LogP contribution in [0.15, 0.2) is 59.0 Å². The second kappa shape index (κ2) is 11.1. The number of nitrogens with zero attached hydrogens (tertiary/aromatic N) is 1. The fraction of sp³-hybridized carbons (Fsp3) is 0.344. The minimum absolute atomic E-state index is 0.0951.